The minimum atomic E-state index is -0.544. The number of carbonyl (C=O) groups excluding carboxylic acids is 2. The van der Waals surface area contributed by atoms with Crippen LogP contribution in [0.15, 0.2) is 0 Å². The second-order valence-corrected chi connectivity index (χ2v) is 6.33. The van der Waals surface area contributed by atoms with Crippen molar-refractivity contribution in [2.24, 2.45) is 22.7 Å². The fourth-order valence-electron chi connectivity index (χ4n) is 3.18. The van der Waals surface area contributed by atoms with E-state index < -0.39 is 5.92 Å². The first-order chi connectivity index (χ1) is 7.30. The van der Waals surface area contributed by atoms with Gasteiger partial charge >= 0.3 is 5.97 Å². The smallest absolute Gasteiger partial charge is 0.316 e. The predicted molar refractivity (Wildman–Crippen MR) is 59.7 cm³/mol. The van der Waals surface area contributed by atoms with Gasteiger partial charge in [-0.3, -0.25) is 9.59 Å². The number of esters is 1. The third-order valence-corrected chi connectivity index (χ3v) is 4.33. The Hall–Kier alpha value is -0.860. The normalized spacial score (nSPS) is 40.9. The molecule has 2 aliphatic rings. The van der Waals surface area contributed by atoms with E-state index in [4.69, 9.17) is 4.74 Å². The third kappa shape index (κ3) is 1.66. The van der Waals surface area contributed by atoms with Crippen molar-refractivity contribution in [3.8, 4) is 0 Å². The molecule has 16 heavy (non-hydrogen) atoms. The molecule has 0 aromatic heterocycles. The van der Waals surface area contributed by atoms with Crippen LogP contribution in [-0.2, 0) is 14.3 Å². The summed E-state index contributed by atoms with van der Waals surface area (Å²) in [5.74, 6) is -0.316. The number of hydrogen-bond donors (Lipinski definition) is 0. The van der Waals surface area contributed by atoms with E-state index in [1.807, 2.05) is 6.92 Å². The van der Waals surface area contributed by atoms with Crippen LogP contribution in [0.4, 0.5) is 0 Å². The summed E-state index contributed by atoms with van der Waals surface area (Å²) in [6, 6.07) is 0. The summed E-state index contributed by atoms with van der Waals surface area (Å²) < 4.78 is 4.76. The zero-order valence-electron chi connectivity index (χ0n) is 10.5. The third-order valence-electron chi connectivity index (χ3n) is 4.33. The molecule has 0 amide bonds. The van der Waals surface area contributed by atoms with E-state index in [0.29, 0.717) is 12.3 Å². The molecule has 0 saturated heterocycles. The SMILES string of the molecule is COC(=O)[C@@H]1CC(C)(C)CC2C[C@@]2(C)C1=O. The average molecular weight is 224 g/mol. The van der Waals surface area contributed by atoms with Gasteiger partial charge in [0.05, 0.1) is 7.11 Å². The van der Waals surface area contributed by atoms with Gasteiger partial charge in [-0.1, -0.05) is 20.8 Å². The quantitative estimate of drug-likeness (QED) is 0.506. The van der Waals surface area contributed by atoms with E-state index >= 15 is 0 Å². The van der Waals surface area contributed by atoms with Gasteiger partial charge < -0.3 is 4.74 Å². The highest BCUT2D eigenvalue weighted by atomic mass is 16.5. The molecule has 2 aliphatic carbocycles. The van der Waals surface area contributed by atoms with Crippen LogP contribution in [0, 0.1) is 22.7 Å². The zero-order valence-corrected chi connectivity index (χ0v) is 10.5. The van der Waals surface area contributed by atoms with E-state index in [2.05, 4.69) is 13.8 Å². The van der Waals surface area contributed by atoms with Crippen LogP contribution in [0.2, 0.25) is 0 Å². The lowest BCUT2D eigenvalue weighted by Gasteiger charge is -2.25. The molecule has 3 atom stereocenters. The molecule has 3 nitrogen and oxygen atoms in total. The summed E-state index contributed by atoms with van der Waals surface area (Å²) in [5.41, 5.74) is -0.180. The number of ether oxygens (including phenoxy) is 1. The van der Waals surface area contributed by atoms with Crippen LogP contribution >= 0.6 is 0 Å². The molecule has 1 unspecified atom stereocenters. The highest BCUT2D eigenvalue weighted by molar-refractivity contribution is 6.03. The second-order valence-electron chi connectivity index (χ2n) is 6.33. The largest absolute Gasteiger partial charge is 0.468 e. The van der Waals surface area contributed by atoms with Crippen LogP contribution in [0.1, 0.15) is 40.0 Å². The summed E-state index contributed by atoms with van der Waals surface area (Å²) in [7, 11) is 1.36. The van der Waals surface area contributed by atoms with Crippen molar-refractivity contribution < 1.29 is 14.3 Å². The Balaban J connectivity index is 2.29. The topological polar surface area (TPSA) is 43.4 Å². The maximum absolute atomic E-state index is 12.3. The standard InChI is InChI=1S/C13H20O3/c1-12(2)5-8-6-13(8,3)10(14)9(7-12)11(15)16-4/h8-9H,5-7H2,1-4H3/t8?,9-,13-/m1/s1. The molecule has 3 heteroatoms. The van der Waals surface area contributed by atoms with Crippen molar-refractivity contribution in [2.45, 2.75) is 40.0 Å². The van der Waals surface area contributed by atoms with E-state index in [0.717, 1.165) is 12.8 Å². The molecule has 0 aromatic carbocycles. The Morgan fingerprint density at radius 3 is 2.44 bits per heavy atom. The number of hydrogen-bond acceptors (Lipinski definition) is 3. The van der Waals surface area contributed by atoms with Gasteiger partial charge in [-0.25, -0.2) is 0 Å². The van der Waals surface area contributed by atoms with E-state index in [1.54, 1.807) is 0 Å². The lowest BCUT2D eigenvalue weighted by Crippen LogP contribution is -2.32. The van der Waals surface area contributed by atoms with Crippen molar-refractivity contribution in [2.75, 3.05) is 7.11 Å². The molecule has 2 saturated carbocycles. The lowest BCUT2D eigenvalue weighted by molar-refractivity contribution is -0.151. The molecule has 0 aromatic rings. The number of ketones is 1. The fourth-order valence-corrected chi connectivity index (χ4v) is 3.18. The summed E-state index contributed by atoms with van der Waals surface area (Å²) in [6.45, 7) is 6.28. The van der Waals surface area contributed by atoms with Crippen molar-refractivity contribution in [1.29, 1.82) is 0 Å². The number of rotatable bonds is 1. The van der Waals surface area contributed by atoms with Crippen LogP contribution in [-0.4, -0.2) is 18.9 Å². The van der Waals surface area contributed by atoms with Crippen LogP contribution < -0.4 is 0 Å². The number of carbonyl (C=O) groups is 2. The average Bonchev–Trinajstić information content (AvgIpc) is 2.84. The minimum Gasteiger partial charge on any atom is -0.468 e. The van der Waals surface area contributed by atoms with E-state index in [1.165, 1.54) is 7.11 Å². The molecule has 0 heterocycles. The van der Waals surface area contributed by atoms with Crippen LogP contribution in [0.5, 0.6) is 0 Å². The summed E-state index contributed by atoms with van der Waals surface area (Å²) >= 11 is 0. The lowest BCUT2D eigenvalue weighted by atomic mass is 9.79. The Morgan fingerprint density at radius 1 is 1.25 bits per heavy atom. The first-order valence-corrected chi connectivity index (χ1v) is 5.92. The van der Waals surface area contributed by atoms with E-state index in [9.17, 15) is 9.59 Å². The van der Waals surface area contributed by atoms with Crippen molar-refractivity contribution in [3.05, 3.63) is 0 Å². The minimum absolute atomic E-state index is 0.0629. The van der Waals surface area contributed by atoms with Crippen molar-refractivity contribution in [1.82, 2.24) is 0 Å². The number of fused-ring (bicyclic) bond motifs is 1. The van der Waals surface area contributed by atoms with Gasteiger partial charge in [-0.2, -0.15) is 0 Å². The first kappa shape index (κ1) is 11.6. The maximum atomic E-state index is 12.3. The Morgan fingerprint density at radius 2 is 1.88 bits per heavy atom. The molecule has 0 spiro atoms. The van der Waals surface area contributed by atoms with Crippen LogP contribution in [0.25, 0.3) is 0 Å². The zero-order chi connectivity index (χ0) is 12.1. The molecular formula is C13H20O3. The Bertz CT molecular complexity index is 345. The summed E-state index contributed by atoms with van der Waals surface area (Å²) in [5, 5.41) is 0. The van der Waals surface area contributed by atoms with Gasteiger partial charge in [0.25, 0.3) is 0 Å². The number of Topliss-reactive ketones (excluding diaryl/α,β-unsaturated/α-hetero) is 1. The Kier molecular flexibility index (Phi) is 2.41. The van der Waals surface area contributed by atoms with Gasteiger partial charge in [0.1, 0.15) is 5.92 Å². The van der Waals surface area contributed by atoms with Gasteiger partial charge in [-0.15, -0.1) is 0 Å². The highest BCUT2D eigenvalue weighted by Crippen LogP contribution is 2.62. The monoisotopic (exact) mass is 224 g/mol. The summed E-state index contributed by atoms with van der Waals surface area (Å²) in [6.07, 6.45) is 2.62. The van der Waals surface area contributed by atoms with Gasteiger partial charge in [0.2, 0.25) is 0 Å². The molecule has 0 N–H and O–H groups in total. The van der Waals surface area contributed by atoms with Crippen molar-refractivity contribution >= 4 is 11.8 Å². The molecule has 0 radical (unpaired) electrons. The first-order valence-electron chi connectivity index (χ1n) is 5.92. The molecule has 0 bridgehead atoms. The molecule has 90 valence electrons. The summed E-state index contributed by atoms with van der Waals surface area (Å²) in [4.78, 5) is 24.0. The number of methoxy groups -OCH3 is 1. The van der Waals surface area contributed by atoms with Crippen molar-refractivity contribution in [3.63, 3.8) is 0 Å². The molecule has 2 fully saturated rings. The maximum Gasteiger partial charge on any atom is 0.316 e. The van der Waals surface area contributed by atoms with E-state index in [-0.39, 0.29) is 22.6 Å². The van der Waals surface area contributed by atoms with Gasteiger partial charge in [-0.05, 0) is 30.6 Å². The molecule has 2 rings (SSSR count). The second kappa shape index (κ2) is 3.31. The fraction of sp³-hybridized carbons (Fsp3) is 0.846. The van der Waals surface area contributed by atoms with Crippen LogP contribution in [0.3, 0.4) is 0 Å². The van der Waals surface area contributed by atoms with Gasteiger partial charge in [0.15, 0.2) is 5.78 Å². The van der Waals surface area contributed by atoms with Gasteiger partial charge in [0, 0.05) is 5.41 Å². The highest BCUT2D eigenvalue weighted by Gasteiger charge is 2.61. The molecular weight excluding hydrogens is 204 g/mol. The molecule has 0 aliphatic heterocycles. The predicted octanol–water partition coefficient (Wildman–Crippen LogP) is 2.19. The Labute approximate surface area is 96.5 Å².